The van der Waals surface area contributed by atoms with Crippen LogP contribution in [0.1, 0.15) is 63.2 Å². The quantitative estimate of drug-likeness (QED) is 0.742. The van der Waals surface area contributed by atoms with E-state index in [0.29, 0.717) is 12.0 Å². The fraction of sp³-hybridized carbons (Fsp3) is 0.667. The monoisotopic (exact) mass is 272 g/mol. The number of unbranched alkanes of at least 4 members (excludes halogenated alkanes) is 1. The summed E-state index contributed by atoms with van der Waals surface area (Å²) in [4.78, 5) is 0. The molecule has 0 bridgehead atoms. The fourth-order valence-corrected chi connectivity index (χ4v) is 4.72. The van der Waals surface area contributed by atoms with E-state index in [1.807, 2.05) is 6.26 Å². The van der Waals surface area contributed by atoms with Gasteiger partial charge in [-0.2, -0.15) is 0 Å². The first-order valence-electron chi connectivity index (χ1n) is 8.26. The van der Waals surface area contributed by atoms with Crippen LogP contribution in [0.3, 0.4) is 0 Å². The van der Waals surface area contributed by atoms with Crippen LogP contribution in [0.5, 0.6) is 0 Å². The van der Waals surface area contributed by atoms with Crippen LogP contribution in [0.4, 0.5) is 0 Å². The van der Waals surface area contributed by atoms with Crippen molar-refractivity contribution in [2.75, 3.05) is 0 Å². The highest BCUT2D eigenvalue weighted by atomic mass is 16.5. The Morgan fingerprint density at radius 2 is 2.30 bits per heavy atom. The third-order valence-corrected chi connectivity index (χ3v) is 5.59. The predicted octanol–water partition coefficient (Wildman–Crippen LogP) is 4.74. The molecular weight excluding hydrogens is 248 g/mol. The first kappa shape index (κ1) is 12.7. The van der Waals surface area contributed by atoms with Crippen LogP contribution in [0.15, 0.2) is 28.4 Å². The molecule has 2 aliphatic carbocycles. The molecule has 0 radical (unpaired) electrons. The molecule has 2 heteroatoms. The van der Waals surface area contributed by atoms with Crippen LogP contribution in [0.2, 0.25) is 0 Å². The molecule has 0 aromatic carbocycles. The van der Waals surface area contributed by atoms with Crippen molar-refractivity contribution in [3.63, 3.8) is 0 Å². The lowest BCUT2D eigenvalue weighted by atomic mass is 9.65. The van der Waals surface area contributed by atoms with Crippen molar-refractivity contribution in [1.29, 1.82) is 0 Å². The van der Waals surface area contributed by atoms with Crippen molar-refractivity contribution in [2.24, 2.45) is 5.92 Å². The van der Waals surface area contributed by atoms with E-state index >= 15 is 0 Å². The molecule has 1 spiro atoms. The highest BCUT2D eigenvalue weighted by Gasteiger charge is 2.56. The van der Waals surface area contributed by atoms with Crippen molar-refractivity contribution in [3.8, 4) is 0 Å². The molecule has 3 unspecified atom stereocenters. The average Bonchev–Trinajstić information content (AvgIpc) is 3.06. The zero-order chi connectivity index (χ0) is 13.6. The maximum atomic E-state index is 6.34. The lowest BCUT2D eigenvalue weighted by molar-refractivity contribution is -0.0505. The summed E-state index contributed by atoms with van der Waals surface area (Å²) in [6, 6.07) is 2.10. The van der Waals surface area contributed by atoms with Crippen LogP contribution in [0, 0.1) is 5.92 Å². The standard InChI is InChI=1S/C18H24O2/c1-2-3-6-13-11-15-7-4-5-9-18(15)16(13)20-12-14-8-10-19-17(14)18/h8,10-11,13,16H,2-7,9,12H2,1H3. The molecule has 0 amide bonds. The van der Waals surface area contributed by atoms with E-state index in [9.17, 15) is 0 Å². The highest BCUT2D eigenvalue weighted by Crippen LogP contribution is 2.57. The Balaban J connectivity index is 1.76. The molecule has 0 N–H and O–H groups in total. The Morgan fingerprint density at radius 3 is 3.20 bits per heavy atom. The van der Waals surface area contributed by atoms with Gasteiger partial charge in [0.2, 0.25) is 0 Å². The van der Waals surface area contributed by atoms with Crippen LogP contribution < -0.4 is 0 Å². The van der Waals surface area contributed by atoms with Crippen molar-refractivity contribution in [1.82, 2.24) is 0 Å². The summed E-state index contributed by atoms with van der Waals surface area (Å²) in [6.45, 7) is 3.01. The van der Waals surface area contributed by atoms with Gasteiger partial charge in [-0.25, -0.2) is 0 Å². The Hall–Kier alpha value is -1.02. The number of rotatable bonds is 3. The third kappa shape index (κ3) is 1.60. The lowest BCUT2D eigenvalue weighted by Gasteiger charge is -2.44. The second-order valence-electron chi connectivity index (χ2n) is 6.68. The minimum atomic E-state index is 0.0910. The van der Waals surface area contributed by atoms with E-state index in [2.05, 4.69) is 19.1 Å². The van der Waals surface area contributed by atoms with Crippen molar-refractivity contribution in [3.05, 3.63) is 35.3 Å². The summed E-state index contributed by atoms with van der Waals surface area (Å²) in [6.07, 6.45) is 13.7. The molecule has 1 fully saturated rings. The molecule has 1 aromatic heterocycles. The third-order valence-electron chi connectivity index (χ3n) is 5.59. The van der Waals surface area contributed by atoms with Gasteiger partial charge >= 0.3 is 0 Å². The Kier molecular flexibility index (Phi) is 3.03. The molecule has 1 aliphatic heterocycles. The summed E-state index contributed by atoms with van der Waals surface area (Å²) < 4.78 is 12.3. The van der Waals surface area contributed by atoms with Gasteiger partial charge < -0.3 is 9.15 Å². The van der Waals surface area contributed by atoms with E-state index in [1.165, 1.54) is 56.3 Å². The largest absolute Gasteiger partial charge is 0.468 e. The normalized spacial score (nSPS) is 35.1. The molecule has 1 saturated carbocycles. The van der Waals surface area contributed by atoms with Crippen molar-refractivity contribution < 1.29 is 9.15 Å². The SMILES string of the molecule is CCCCC1C=C2CCCCC23c2occc2COC13. The number of hydrogen-bond donors (Lipinski definition) is 0. The van der Waals surface area contributed by atoms with Gasteiger partial charge in [-0.05, 0) is 31.7 Å². The van der Waals surface area contributed by atoms with E-state index in [-0.39, 0.29) is 5.41 Å². The van der Waals surface area contributed by atoms with Gasteiger partial charge in [0.25, 0.3) is 0 Å². The first-order valence-corrected chi connectivity index (χ1v) is 8.26. The maximum Gasteiger partial charge on any atom is 0.122 e. The summed E-state index contributed by atoms with van der Waals surface area (Å²) in [5.41, 5.74) is 2.99. The number of fused-ring (bicyclic) bond motifs is 1. The molecule has 1 aromatic rings. The van der Waals surface area contributed by atoms with Crippen LogP contribution in [-0.2, 0) is 16.8 Å². The average molecular weight is 272 g/mol. The van der Waals surface area contributed by atoms with E-state index < -0.39 is 0 Å². The predicted molar refractivity (Wildman–Crippen MR) is 78.5 cm³/mol. The molecule has 0 saturated heterocycles. The molecular formula is C18H24O2. The van der Waals surface area contributed by atoms with Gasteiger partial charge in [-0.15, -0.1) is 0 Å². The molecule has 108 valence electrons. The summed E-state index contributed by atoms with van der Waals surface area (Å²) in [7, 11) is 0. The van der Waals surface area contributed by atoms with Gasteiger partial charge in [0, 0.05) is 11.5 Å². The summed E-state index contributed by atoms with van der Waals surface area (Å²) in [5.74, 6) is 1.83. The Labute approximate surface area is 121 Å². The molecule has 3 aliphatic rings. The molecule has 20 heavy (non-hydrogen) atoms. The second kappa shape index (κ2) is 4.77. The van der Waals surface area contributed by atoms with Gasteiger partial charge in [0.05, 0.1) is 24.4 Å². The molecule has 3 atom stereocenters. The van der Waals surface area contributed by atoms with Gasteiger partial charge in [0.15, 0.2) is 0 Å². The minimum absolute atomic E-state index is 0.0910. The van der Waals surface area contributed by atoms with Crippen LogP contribution >= 0.6 is 0 Å². The number of ether oxygens (including phenoxy) is 1. The smallest absolute Gasteiger partial charge is 0.122 e. The molecule has 4 rings (SSSR count). The van der Waals surface area contributed by atoms with E-state index in [1.54, 1.807) is 5.57 Å². The minimum Gasteiger partial charge on any atom is -0.468 e. The molecule has 2 heterocycles. The zero-order valence-electron chi connectivity index (χ0n) is 12.4. The van der Waals surface area contributed by atoms with Gasteiger partial charge in [-0.3, -0.25) is 0 Å². The van der Waals surface area contributed by atoms with Crippen molar-refractivity contribution >= 4 is 0 Å². The fourth-order valence-electron chi connectivity index (χ4n) is 4.72. The Morgan fingerprint density at radius 1 is 1.35 bits per heavy atom. The van der Waals surface area contributed by atoms with Crippen molar-refractivity contribution in [2.45, 2.75) is 70.0 Å². The topological polar surface area (TPSA) is 22.4 Å². The van der Waals surface area contributed by atoms with Gasteiger partial charge in [-0.1, -0.05) is 37.8 Å². The highest BCUT2D eigenvalue weighted by molar-refractivity contribution is 5.45. The van der Waals surface area contributed by atoms with E-state index in [4.69, 9.17) is 9.15 Å². The maximum absolute atomic E-state index is 6.34. The second-order valence-corrected chi connectivity index (χ2v) is 6.68. The van der Waals surface area contributed by atoms with Gasteiger partial charge in [0.1, 0.15) is 5.76 Å². The lowest BCUT2D eigenvalue weighted by Crippen LogP contribution is -2.46. The van der Waals surface area contributed by atoms with Crippen LogP contribution in [-0.4, -0.2) is 6.10 Å². The number of furan rings is 1. The zero-order valence-corrected chi connectivity index (χ0v) is 12.4. The Bertz CT molecular complexity index is 527. The van der Waals surface area contributed by atoms with E-state index in [0.717, 1.165) is 6.61 Å². The number of hydrogen-bond acceptors (Lipinski definition) is 2. The molecule has 2 nitrogen and oxygen atoms in total. The first-order chi connectivity index (χ1) is 9.86. The van der Waals surface area contributed by atoms with Crippen LogP contribution in [0.25, 0.3) is 0 Å². The summed E-state index contributed by atoms with van der Waals surface area (Å²) >= 11 is 0. The summed E-state index contributed by atoms with van der Waals surface area (Å²) in [5, 5.41) is 0.